The van der Waals surface area contributed by atoms with Gasteiger partial charge in [0.2, 0.25) is 0 Å². The molecule has 0 aliphatic carbocycles. The van der Waals surface area contributed by atoms with Gasteiger partial charge in [0.1, 0.15) is 5.82 Å². The van der Waals surface area contributed by atoms with E-state index in [0.29, 0.717) is 18.7 Å². The van der Waals surface area contributed by atoms with Crippen LogP contribution >= 0.6 is 22.9 Å². The van der Waals surface area contributed by atoms with E-state index in [1.807, 2.05) is 6.92 Å². The topological polar surface area (TPSA) is 45.2 Å². The molecule has 19 heavy (non-hydrogen) atoms. The van der Waals surface area contributed by atoms with Crippen molar-refractivity contribution < 1.29 is 9.50 Å². The second kappa shape index (κ2) is 6.43. The highest BCUT2D eigenvalue weighted by Crippen LogP contribution is 2.20. The zero-order valence-electron chi connectivity index (χ0n) is 10.4. The molecular weight excluding hydrogens is 287 g/mol. The highest BCUT2D eigenvalue weighted by Gasteiger charge is 2.10. The molecule has 0 spiro atoms. The maximum Gasteiger partial charge on any atom is 0.142 e. The van der Waals surface area contributed by atoms with Gasteiger partial charge in [-0.2, -0.15) is 0 Å². The van der Waals surface area contributed by atoms with Gasteiger partial charge in [0, 0.05) is 24.2 Å². The first-order valence-electron chi connectivity index (χ1n) is 5.81. The summed E-state index contributed by atoms with van der Waals surface area (Å²) < 4.78 is 13.3. The number of halogens is 2. The van der Waals surface area contributed by atoms with Gasteiger partial charge in [0.15, 0.2) is 0 Å². The van der Waals surface area contributed by atoms with Gasteiger partial charge >= 0.3 is 0 Å². The maximum atomic E-state index is 13.3. The predicted molar refractivity (Wildman–Crippen MR) is 74.9 cm³/mol. The summed E-state index contributed by atoms with van der Waals surface area (Å²) in [6.07, 6.45) is 1.04. The van der Waals surface area contributed by atoms with Crippen LogP contribution in [0, 0.1) is 12.7 Å². The number of aromatic nitrogens is 1. The summed E-state index contributed by atoms with van der Waals surface area (Å²) in [5.41, 5.74) is 0.509. The lowest BCUT2D eigenvalue weighted by atomic mass is 10.1. The number of rotatable bonds is 5. The zero-order valence-corrected chi connectivity index (χ0v) is 11.9. The highest BCUT2D eigenvalue weighted by atomic mass is 35.5. The van der Waals surface area contributed by atoms with Gasteiger partial charge in [0.05, 0.1) is 16.1 Å². The monoisotopic (exact) mass is 300 g/mol. The maximum absolute atomic E-state index is 13.3. The lowest BCUT2D eigenvalue weighted by molar-refractivity contribution is 0.174. The van der Waals surface area contributed by atoms with Crippen LogP contribution in [0.2, 0.25) is 5.02 Å². The number of nitrogens with one attached hydrogen (secondary N) is 1. The van der Waals surface area contributed by atoms with Crippen molar-refractivity contribution in [2.24, 2.45) is 0 Å². The average Bonchev–Trinajstić information content (AvgIpc) is 2.78. The van der Waals surface area contributed by atoms with Gasteiger partial charge in [-0.25, -0.2) is 9.37 Å². The summed E-state index contributed by atoms with van der Waals surface area (Å²) >= 11 is 7.20. The summed E-state index contributed by atoms with van der Waals surface area (Å²) in [5.74, 6) is -0.517. The van der Waals surface area contributed by atoms with Crippen LogP contribution in [0.25, 0.3) is 0 Å². The summed E-state index contributed by atoms with van der Waals surface area (Å²) in [6.45, 7) is 2.93. The standard InChI is InChI=1S/C13H14ClFN2OS/c1-8-17-6-10(19-8)5-16-7-13(18)9-2-3-11(14)12(15)4-9/h2-4,6,13,16,18H,5,7H2,1H3. The number of hydrogen-bond acceptors (Lipinski definition) is 4. The molecule has 0 amide bonds. The molecule has 1 aromatic heterocycles. The molecule has 0 aliphatic rings. The average molecular weight is 301 g/mol. The van der Waals surface area contributed by atoms with Crippen LogP contribution in [0.1, 0.15) is 21.6 Å². The molecule has 2 rings (SSSR count). The van der Waals surface area contributed by atoms with E-state index in [0.717, 1.165) is 9.88 Å². The van der Waals surface area contributed by atoms with Gasteiger partial charge in [-0.1, -0.05) is 17.7 Å². The molecule has 3 nitrogen and oxygen atoms in total. The van der Waals surface area contributed by atoms with Crippen molar-refractivity contribution in [3.8, 4) is 0 Å². The Morgan fingerprint density at radius 3 is 2.95 bits per heavy atom. The Hall–Kier alpha value is -1.01. The van der Waals surface area contributed by atoms with Crippen molar-refractivity contribution in [3.05, 3.63) is 50.7 Å². The van der Waals surface area contributed by atoms with E-state index >= 15 is 0 Å². The minimum absolute atomic E-state index is 0.0593. The molecule has 0 aliphatic heterocycles. The fourth-order valence-corrected chi connectivity index (χ4v) is 2.54. The molecule has 1 aromatic carbocycles. The first kappa shape index (κ1) is 14.4. The quantitative estimate of drug-likeness (QED) is 0.892. The Morgan fingerprint density at radius 1 is 1.53 bits per heavy atom. The normalized spacial score (nSPS) is 12.6. The summed E-state index contributed by atoms with van der Waals surface area (Å²) in [4.78, 5) is 5.25. The third-order valence-electron chi connectivity index (χ3n) is 2.63. The van der Waals surface area contributed by atoms with Crippen molar-refractivity contribution in [2.45, 2.75) is 19.6 Å². The fourth-order valence-electron chi connectivity index (χ4n) is 1.66. The largest absolute Gasteiger partial charge is 0.387 e. The SMILES string of the molecule is Cc1ncc(CNCC(O)c2ccc(Cl)c(F)c2)s1. The van der Waals surface area contributed by atoms with Gasteiger partial charge in [-0.3, -0.25) is 0 Å². The lowest BCUT2D eigenvalue weighted by Crippen LogP contribution is -2.20. The third-order valence-corrected chi connectivity index (χ3v) is 3.85. The van der Waals surface area contributed by atoms with Gasteiger partial charge in [-0.05, 0) is 24.6 Å². The van der Waals surface area contributed by atoms with E-state index < -0.39 is 11.9 Å². The zero-order chi connectivity index (χ0) is 13.8. The van der Waals surface area contributed by atoms with E-state index in [-0.39, 0.29) is 5.02 Å². The molecule has 0 radical (unpaired) electrons. The van der Waals surface area contributed by atoms with Crippen LogP contribution in [-0.4, -0.2) is 16.6 Å². The van der Waals surface area contributed by atoms with Crippen molar-refractivity contribution in [3.63, 3.8) is 0 Å². The van der Waals surface area contributed by atoms with Crippen LogP contribution in [0.15, 0.2) is 24.4 Å². The van der Waals surface area contributed by atoms with Gasteiger partial charge in [-0.15, -0.1) is 11.3 Å². The van der Waals surface area contributed by atoms with Crippen molar-refractivity contribution in [2.75, 3.05) is 6.54 Å². The molecule has 102 valence electrons. The minimum Gasteiger partial charge on any atom is -0.387 e. The van der Waals surface area contributed by atoms with E-state index in [4.69, 9.17) is 11.6 Å². The number of aryl methyl sites for hydroxylation is 1. The Bertz CT molecular complexity index is 561. The number of benzene rings is 1. The molecule has 1 heterocycles. The summed E-state index contributed by atoms with van der Waals surface area (Å²) in [6, 6.07) is 4.32. The van der Waals surface area contributed by atoms with Crippen LogP contribution < -0.4 is 5.32 Å². The van der Waals surface area contributed by atoms with Crippen molar-refractivity contribution in [1.82, 2.24) is 10.3 Å². The number of nitrogens with zero attached hydrogens (tertiary/aromatic N) is 1. The molecular formula is C13H14ClFN2OS. The minimum atomic E-state index is -0.763. The highest BCUT2D eigenvalue weighted by molar-refractivity contribution is 7.11. The first-order chi connectivity index (χ1) is 9.06. The second-order valence-corrected chi connectivity index (χ2v) is 5.89. The molecule has 0 fully saturated rings. The van der Waals surface area contributed by atoms with E-state index in [1.54, 1.807) is 23.6 Å². The Kier molecular flexibility index (Phi) is 4.87. The van der Waals surface area contributed by atoms with Crippen molar-refractivity contribution >= 4 is 22.9 Å². The van der Waals surface area contributed by atoms with Gasteiger partial charge < -0.3 is 10.4 Å². The van der Waals surface area contributed by atoms with Crippen LogP contribution in [0.5, 0.6) is 0 Å². The number of aliphatic hydroxyl groups excluding tert-OH is 1. The van der Waals surface area contributed by atoms with Gasteiger partial charge in [0.25, 0.3) is 0 Å². The summed E-state index contributed by atoms with van der Waals surface area (Å²) in [7, 11) is 0. The van der Waals surface area contributed by atoms with E-state index in [9.17, 15) is 9.50 Å². The fraction of sp³-hybridized carbons (Fsp3) is 0.308. The predicted octanol–water partition coefficient (Wildman–Crippen LogP) is 3.07. The second-order valence-electron chi connectivity index (χ2n) is 4.17. The number of thiazole rings is 1. The number of hydrogen-bond donors (Lipinski definition) is 2. The molecule has 6 heteroatoms. The first-order valence-corrected chi connectivity index (χ1v) is 7.00. The Morgan fingerprint density at radius 2 is 2.32 bits per heavy atom. The third kappa shape index (κ3) is 3.98. The van der Waals surface area contributed by atoms with Crippen LogP contribution in [0.3, 0.4) is 0 Å². The van der Waals surface area contributed by atoms with E-state index in [2.05, 4.69) is 10.3 Å². The molecule has 2 N–H and O–H groups in total. The Balaban J connectivity index is 1.86. The lowest BCUT2D eigenvalue weighted by Gasteiger charge is -2.12. The molecule has 2 aromatic rings. The molecule has 1 atom stereocenters. The Labute approximate surface area is 120 Å². The van der Waals surface area contributed by atoms with Crippen LogP contribution in [-0.2, 0) is 6.54 Å². The summed E-state index contributed by atoms with van der Waals surface area (Å²) in [5, 5.41) is 14.1. The van der Waals surface area contributed by atoms with Crippen molar-refractivity contribution in [1.29, 1.82) is 0 Å². The molecule has 0 saturated heterocycles. The van der Waals surface area contributed by atoms with Crippen LogP contribution in [0.4, 0.5) is 4.39 Å². The smallest absolute Gasteiger partial charge is 0.142 e. The number of aliphatic hydroxyl groups is 1. The molecule has 1 unspecified atom stereocenters. The molecule has 0 bridgehead atoms. The molecule has 0 saturated carbocycles. The van der Waals surface area contributed by atoms with E-state index in [1.165, 1.54) is 12.1 Å².